The maximum Gasteiger partial charge on any atom is 0.145 e. The lowest BCUT2D eigenvalue weighted by molar-refractivity contribution is -0.105. The number of carbonyl (C=O) groups is 5. The maximum absolute atomic E-state index is 10.2. The van der Waals surface area contributed by atoms with Gasteiger partial charge in [-0.2, -0.15) is 0 Å². The van der Waals surface area contributed by atoms with E-state index >= 15 is 0 Å². The van der Waals surface area contributed by atoms with Crippen LogP contribution in [0.1, 0.15) is 115 Å². The lowest BCUT2D eigenvalue weighted by atomic mass is 10.1. The van der Waals surface area contributed by atoms with Gasteiger partial charge in [0.2, 0.25) is 0 Å². The zero-order valence-electron chi connectivity index (χ0n) is 26.6. The van der Waals surface area contributed by atoms with Crippen molar-refractivity contribution in [2.24, 2.45) is 0 Å². The summed E-state index contributed by atoms with van der Waals surface area (Å²) in [4.78, 5) is 49.2. The van der Waals surface area contributed by atoms with Gasteiger partial charge in [0.05, 0.1) is 0 Å². The molecular weight excluding hydrogens is 488 g/mol. The molecule has 0 aliphatic heterocycles. The van der Waals surface area contributed by atoms with E-state index in [0.29, 0.717) is 0 Å². The minimum absolute atomic E-state index is 0.787. The van der Waals surface area contributed by atoms with E-state index < -0.39 is 0 Å². The van der Waals surface area contributed by atoms with Crippen LogP contribution in [0.3, 0.4) is 0 Å². The first-order valence-electron chi connectivity index (χ1n) is 13.6. The molecular formula is C34H56O5. The number of hydrogen-bond acceptors (Lipinski definition) is 5. The van der Waals surface area contributed by atoms with Crippen molar-refractivity contribution in [2.75, 3.05) is 0 Å². The molecule has 0 saturated carbocycles. The summed E-state index contributed by atoms with van der Waals surface area (Å²) < 4.78 is 0. The van der Waals surface area contributed by atoms with Crippen LogP contribution in [0.25, 0.3) is 0 Å². The molecule has 0 fully saturated rings. The molecule has 0 radical (unpaired) electrons. The second-order valence-electron chi connectivity index (χ2n) is 9.01. The molecule has 0 atom stereocenters. The van der Waals surface area contributed by atoms with E-state index in [2.05, 4.69) is 26.8 Å². The van der Waals surface area contributed by atoms with Crippen LogP contribution in [0.2, 0.25) is 0 Å². The Balaban J connectivity index is -0.000000126. The van der Waals surface area contributed by atoms with Gasteiger partial charge in [-0.25, -0.2) is 0 Å². The lowest BCUT2D eigenvalue weighted by Gasteiger charge is -1.94. The predicted molar refractivity (Wildman–Crippen MR) is 169 cm³/mol. The van der Waals surface area contributed by atoms with Gasteiger partial charge in [0.1, 0.15) is 31.4 Å². The van der Waals surface area contributed by atoms with Crippen molar-refractivity contribution in [3.8, 4) is 0 Å². The van der Waals surface area contributed by atoms with Crippen molar-refractivity contribution in [1.82, 2.24) is 0 Å². The maximum atomic E-state index is 10.2. The van der Waals surface area contributed by atoms with Gasteiger partial charge in [0, 0.05) is 0 Å². The number of carbonyl (C=O) groups excluding carboxylic acids is 5. The van der Waals surface area contributed by atoms with E-state index in [4.69, 9.17) is 0 Å². The highest BCUT2D eigenvalue weighted by atomic mass is 16.1. The topological polar surface area (TPSA) is 85.3 Å². The third-order valence-corrected chi connectivity index (χ3v) is 4.45. The fourth-order valence-electron chi connectivity index (χ4n) is 1.97. The molecule has 0 spiro atoms. The van der Waals surface area contributed by atoms with Crippen molar-refractivity contribution in [2.45, 2.75) is 115 Å². The van der Waals surface area contributed by atoms with E-state index in [9.17, 15) is 24.0 Å². The van der Waals surface area contributed by atoms with Gasteiger partial charge < -0.3 is 0 Å². The second-order valence-corrected chi connectivity index (χ2v) is 9.01. The first kappa shape index (κ1) is 45.7. The molecule has 222 valence electrons. The third-order valence-electron chi connectivity index (χ3n) is 4.45. The first-order valence-corrected chi connectivity index (χ1v) is 13.6. The van der Waals surface area contributed by atoms with Crippen molar-refractivity contribution >= 4 is 31.4 Å². The van der Waals surface area contributed by atoms with Gasteiger partial charge >= 0.3 is 0 Å². The van der Waals surface area contributed by atoms with Crippen molar-refractivity contribution < 1.29 is 24.0 Å². The average Bonchev–Trinajstić information content (AvgIpc) is 2.90. The van der Waals surface area contributed by atoms with Crippen LogP contribution in [0.5, 0.6) is 0 Å². The van der Waals surface area contributed by atoms with E-state index in [-0.39, 0.29) is 0 Å². The molecule has 0 aromatic heterocycles. The number of unbranched alkanes of at least 4 members (excludes halogenated alkanes) is 1. The monoisotopic (exact) mass is 544 g/mol. The highest BCUT2D eigenvalue weighted by Gasteiger charge is 1.87. The van der Waals surface area contributed by atoms with Crippen LogP contribution >= 0.6 is 0 Å². The van der Waals surface area contributed by atoms with E-state index in [1.54, 1.807) is 26.0 Å². The zero-order valence-corrected chi connectivity index (χ0v) is 26.6. The van der Waals surface area contributed by atoms with Gasteiger partial charge in [0.25, 0.3) is 0 Å². The summed E-state index contributed by atoms with van der Waals surface area (Å²) >= 11 is 0. The third kappa shape index (κ3) is 56.2. The van der Waals surface area contributed by atoms with E-state index in [1.165, 1.54) is 11.6 Å². The Morgan fingerprint density at radius 1 is 0.590 bits per heavy atom. The van der Waals surface area contributed by atoms with Gasteiger partial charge in [0.15, 0.2) is 0 Å². The SMILES string of the molecule is C/C=C(\C)C=O.CC(C)=CC=O.CC(C)=CCC/C(C)=C/C=O.CC/C=C(\C)C=O.CCC/C=C(/C=O)CC. The Morgan fingerprint density at radius 2 is 1.13 bits per heavy atom. The second kappa shape index (κ2) is 39.3. The highest BCUT2D eigenvalue weighted by Crippen LogP contribution is 2.05. The molecule has 0 heterocycles. The van der Waals surface area contributed by atoms with Crippen molar-refractivity contribution in [1.29, 1.82) is 0 Å². The number of allylic oxidation sites excluding steroid dienone is 12. The van der Waals surface area contributed by atoms with Crippen LogP contribution < -0.4 is 0 Å². The molecule has 0 aromatic carbocycles. The van der Waals surface area contributed by atoms with Crippen LogP contribution in [0.15, 0.2) is 69.9 Å². The fraction of sp³-hybridized carbons (Fsp3) is 0.500. The smallest absolute Gasteiger partial charge is 0.145 e. The van der Waals surface area contributed by atoms with Crippen LogP contribution in [-0.4, -0.2) is 31.4 Å². The standard InChI is InChI=1S/C10H16O.C8H14O.C6H10O.2C5H8O/c1-9(2)5-4-6-10(3)7-8-11;1-3-5-6-8(4-2)7-9;1-3-4-6(2)5-7;1-5(2)3-4-6;1-3-5(2)4-6/h5,7-8H,4,6H2,1-3H3;6-7H,3-5H2,1-2H3;4-5H,3H2,1-2H3;2*3-4H,1-2H3/b10-7+;8-6+;6-4+;;5-3+. The molecule has 0 rings (SSSR count). The molecule has 0 N–H and O–H groups in total. The van der Waals surface area contributed by atoms with Crippen LogP contribution in [-0.2, 0) is 24.0 Å². The van der Waals surface area contributed by atoms with Crippen LogP contribution in [0.4, 0.5) is 0 Å². The molecule has 0 amide bonds. The van der Waals surface area contributed by atoms with Gasteiger partial charge in [-0.3, -0.25) is 24.0 Å². The number of aldehydes is 5. The van der Waals surface area contributed by atoms with Crippen LogP contribution in [0, 0.1) is 0 Å². The summed E-state index contributed by atoms with van der Waals surface area (Å²) in [6.45, 7) is 21.4. The largest absolute Gasteiger partial charge is 0.299 e. The summed E-state index contributed by atoms with van der Waals surface area (Å²) in [7, 11) is 0. The quantitative estimate of drug-likeness (QED) is 0.139. The Morgan fingerprint density at radius 3 is 1.36 bits per heavy atom. The van der Waals surface area contributed by atoms with Gasteiger partial charge in [-0.05, 0) is 116 Å². The molecule has 0 aliphatic carbocycles. The van der Waals surface area contributed by atoms with Crippen molar-refractivity contribution in [3.05, 3.63) is 69.9 Å². The first-order chi connectivity index (χ1) is 18.4. The Kier molecular flexibility index (Phi) is 46.1. The number of rotatable bonds is 12. The summed E-state index contributed by atoms with van der Waals surface area (Å²) in [6, 6.07) is 0. The van der Waals surface area contributed by atoms with Crippen molar-refractivity contribution in [3.63, 3.8) is 0 Å². The molecule has 5 nitrogen and oxygen atoms in total. The summed E-state index contributed by atoms with van der Waals surface area (Å²) in [5.41, 5.74) is 6.07. The van der Waals surface area contributed by atoms with E-state index in [0.717, 1.165) is 97.8 Å². The molecule has 5 heteroatoms. The molecule has 0 saturated heterocycles. The normalized spacial score (nSPS) is 10.6. The zero-order chi connectivity index (χ0) is 31.5. The Labute approximate surface area is 239 Å². The predicted octanol–water partition coefficient (Wildman–Crippen LogP) is 9.04. The Hall–Kier alpha value is -3.21. The average molecular weight is 545 g/mol. The number of hydrogen-bond donors (Lipinski definition) is 0. The molecule has 0 unspecified atom stereocenters. The molecule has 0 aliphatic rings. The highest BCUT2D eigenvalue weighted by molar-refractivity contribution is 5.73. The summed E-state index contributed by atoms with van der Waals surface area (Å²) in [5, 5.41) is 0. The summed E-state index contributed by atoms with van der Waals surface area (Å²) in [5.74, 6) is 0. The van der Waals surface area contributed by atoms with E-state index in [1.807, 2.05) is 53.7 Å². The molecule has 39 heavy (non-hydrogen) atoms. The molecule has 0 bridgehead atoms. The van der Waals surface area contributed by atoms with Gasteiger partial charge in [-0.1, -0.05) is 68.2 Å². The summed E-state index contributed by atoms with van der Waals surface area (Å²) in [6.07, 6.45) is 21.3. The minimum Gasteiger partial charge on any atom is -0.299 e. The Bertz CT molecular complexity index is 811. The lowest BCUT2D eigenvalue weighted by Crippen LogP contribution is -1.80. The van der Waals surface area contributed by atoms with Gasteiger partial charge in [-0.15, -0.1) is 0 Å². The minimum atomic E-state index is 0.787. The fourth-order valence-corrected chi connectivity index (χ4v) is 1.97. The molecule has 0 aromatic rings.